The van der Waals surface area contributed by atoms with Crippen molar-refractivity contribution in [1.29, 1.82) is 0 Å². The van der Waals surface area contributed by atoms with Crippen molar-refractivity contribution >= 4 is 5.91 Å². The van der Waals surface area contributed by atoms with Crippen molar-refractivity contribution in [2.24, 2.45) is 5.92 Å². The maximum atomic E-state index is 13.1. The number of nitrogens with zero attached hydrogens (tertiary/aromatic N) is 1. The van der Waals surface area contributed by atoms with Crippen LogP contribution in [0.5, 0.6) is 0 Å². The number of allylic oxidation sites excluding steroid dienone is 1. The molecule has 0 spiro atoms. The SMILES string of the molecule is CC(C)=CCCN1CCC(NC(=O)[C@](O)(c2ccccc2)C2CCC2)CC1. The van der Waals surface area contributed by atoms with Crippen LogP contribution in [0.25, 0.3) is 0 Å². The molecule has 1 saturated heterocycles. The average molecular weight is 371 g/mol. The smallest absolute Gasteiger partial charge is 0.257 e. The van der Waals surface area contributed by atoms with Gasteiger partial charge in [0, 0.05) is 31.6 Å². The quantitative estimate of drug-likeness (QED) is 0.721. The third-order valence-electron chi connectivity index (χ3n) is 6.18. The Hall–Kier alpha value is -1.65. The Bertz CT molecular complexity index is 642. The van der Waals surface area contributed by atoms with Crippen molar-refractivity contribution in [1.82, 2.24) is 10.2 Å². The van der Waals surface area contributed by atoms with Gasteiger partial charge < -0.3 is 15.3 Å². The van der Waals surface area contributed by atoms with E-state index in [1.807, 2.05) is 30.3 Å². The molecule has 4 heteroatoms. The molecule has 1 aliphatic carbocycles. The van der Waals surface area contributed by atoms with Gasteiger partial charge in [-0.25, -0.2) is 0 Å². The van der Waals surface area contributed by atoms with E-state index in [-0.39, 0.29) is 17.9 Å². The van der Waals surface area contributed by atoms with Gasteiger partial charge in [-0.3, -0.25) is 4.79 Å². The lowest BCUT2D eigenvalue weighted by atomic mass is 9.69. The third kappa shape index (κ3) is 4.80. The van der Waals surface area contributed by atoms with Crippen LogP contribution in [-0.4, -0.2) is 41.6 Å². The molecular formula is C23H34N2O2. The van der Waals surface area contributed by atoms with Crippen molar-refractivity contribution in [2.75, 3.05) is 19.6 Å². The molecule has 1 aliphatic heterocycles. The minimum absolute atomic E-state index is 0.0315. The Kier molecular flexibility index (Phi) is 6.72. The molecule has 1 amide bonds. The zero-order valence-electron chi connectivity index (χ0n) is 16.8. The van der Waals surface area contributed by atoms with Gasteiger partial charge in [-0.2, -0.15) is 0 Å². The topological polar surface area (TPSA) is 52.6 Å². The van der Waals surface area contributed by atoms with E-state index in [0.29, 0.717) is 0 Å². The van der Waals surface area contributed by atoms with E-state index in [9.17, 15) is 9.90 Å². The molecule has 1 atom stereocenters. The molecule has 27 heavy (non-hydrogen) atoms. The maximum Gasteiger partial charge on any atom is 0.257 e. The minimum Gasteiger partial charge on any atom is -0.375 e. The van der Waals surface area contributed by atoms with Crippen LogP contribution in [0, 0.1) is 5.92 Å². The molecule has 0 unspecified atom stereocenters. The highest BCUT2D eigenvalue weighted by atomic mass is 16.3. The summed E-state index contributed by atoms with van der Waals surface area (Å²) in [5.74, 6) is -0.176. The summed E-state index contributed by atoms with van der Waals surface area (Å²) in [5.41, 5.74) is 0.708. The van der Waals surface area contributed by atoms with E-state index in [0.717, 1.165) is 63.7 Å². The van der Waals surface area contributed by atoms with Crippen LogP contribution in [0.3, 0.4) is 0 Å². The number of carbonyl (C=O) groups is 1. The van der Waals surface area contributed by atoms with Gasteiger partial charge in [0.2, 0.25) is 0 Å². The first-order valence-corrected chi connectivity index (χ1v) is 10.4. The van der Waals surface area contributed by atoms with E-state index in [2.05, 4.69) is 30.1 Å². The molecule has 0 bridgehead atoms. The number of hydrogen-bond acceptors (Lipinski definition) is 3. The molecule has 2 N–H and O–H groups in total. The van der Waals surface area contributed by atoms with Crippen LogP contribution < -0.4 is 5.32 Å². The molecule has 1 heterocycles. The van der Waals surface area contributed by atoms with Crippen molar-refractivity contribution in [3.63, 3.8) is 0 Å². The molecular weight excluding hydrogens is 336 g/mol. The number of nitrogens with one attached hydrogen (secondary N) is 1. The number of likely N-dealkylation sites (tertiary alicyclic amines) is 1. The lowest BCUT2D eigenvalue weighted by Crippen LogP contribution is -2.55. The fourth-order valence-electron chi connectivity index (χ4n) is 4.20. The number of carbonyl (C=O) groups excluding carboxylic acids is 1. The monoisotopic (exact) mass is 370 g/mol. The van der Waals surface area contributed by atoms with Gasteiger partial charge in [0.25, 0.3) is 5.91 Å². The molecule has 1 aromatic carbocycles. The summed E-state index contributed by atoms with van der Waals surface area (Å²) in [6.07, 6.45) is 8.22. The first-order valence-electron chi connectivity index (χ1n) is 10.4. The van der Waals surface area contributed by atoms with Crippen LogP contribution in [0.1, 0.15) is 57.9 Å². The van der Waals surface area contributed by atoms with E-state index < -0.39 is 5.60 Å². The number of piperidine rings is 1. The summed E-state index contributed by atoms with van der Waals surface area (Å²) in [6, 6.07) is 9.64. The molecule has 1 saturated carbocycles. The minimum atomic E-state index is -1.39. The fourth-order valence-corrected chi connectivity index (χ4v) is 4.20. The van der Waals surface area contributed by atoms with Gasteiger partial charge in [-0.1, -0.05) is 48.4 Å². The Balaban J connectivity index is 1.57. The first-order chi connectivity index (χ1) is 13.0. The second kappa shape index (κ2) is 9.03. The van der Waals surface area contributed by atoms with E-state index in [1.165, 1.54) is 5.57 Å². The van der Waals surface area contributed by atoms with Gasteiger partial charge in [0.05, 0.1) is 0 Å². The zero-order valence-corrected chi connectivity index (χ0v) is 16.8. The lowest BCUT2D eigenvalue weighted by molar-refractivity contribution is -0.153. The molecule has 3 rings (SSSR count). The summed E-state index contributed by atoms with van der Waals surface area (Å²) in [5, 5.41) is 14.6. The molecule has 2 fully saturated rings. The summed E-state index contributed by atoms with van der Waals surface area (Å²) >= 11 is 0. The molecule has 2 aliphatic rings. The highest BCUT2D eigenvalue weighted by Crippen LogP contribution is 2.42. The largest absolute Gasteiger partial charge is 0.375 e. The Labute approximate surface area is 163 Å². The number of aliphatic hydroxyl groups is 1. The Morgan fingerprint density at radius 2 is 1.85 bits per heavy atom. The predicted molar refractivity (Wildman–Crippen MR) is 109 cm³/mol. The number of benzene rings is 1. The average Bonchev–Trinajstić information content (AvgIpc) is 2.62. The maximum absolute atomic E-state index is 13.1. The fraction of sp³-hybridized carbons (Fsp3) is 0.609. The van der Waals surface area contributed by atoms with Gasteiger partial charge in [0.1, 0.15) is 0 Å². The number of rotatable bonds is 7. The standard InChI is InChI=1S/C23H34N2O2/c1-18(2)8-7-15-25-16-13-21(14-17-25)24-22(26)23(27,20-11-6-12-20)19-9-4-3-5-10-19/h3-5,8-10,20-21,27H,6-7,11-17H2,1-2H3,(H,24,26)/t23-/m0/s1. The highest BCUT2D eigenvalue weighted by Gasteiger charge is 2.48. The van der Waals surface area contributed by atoms with Crippen molar-refractivity contribution in [3.05, 3.63) is 47.5 Å². The van der Waals surface area contributed by atoms with Crippen molar-refractivity contribution in [3.8, 4) is 0 Å². The second-order valence-electron chi connectivity index (χ2n) is 8.42. The van der Waals surface area contributed by atoms with Crippen LogP contribution in [-0.2, 0) is 10.4 Å². The lowest BCUT2D eigenvalue weighted by Gasteiger charge is -2.42. The van der Waals surface area contributed by atoms with E-state index in [4.69, 9.17) is 0 Å². The third-order valence-corrected chi connectivity index (χ3v) is 6.18. The van der Waals surface area contributed by atoms with Gasteiger partial charge in [0.15, 0.2) is 5.60 Å². The highest BCUT2D eigenvalue weighted by molar-refractivity contribution is 5.87. The molecule has 0 aromatic heterocycles. The van der Waals surface area contributed by atoms with Crippen LogP contribution in [0.4, 0.5) is 0 Å². The number of hydrogen-bond donors (Lipinski definition) is 2. The van der Waals surface area contributed by atoms with Crippen molar-refractivity contribution in [2.45, 2.75) is 64.0 Å². The predicted octanol–water partition coefficient (Wildman–Crippen LogP) is 3.61. The number of amides is 1. The summed E-state index contributed by atoms with van der Waals surface area (Å²) in [4.78, 5) is 15.6. The van der Waals surface area contributed by atoms with Crippen LogP contribution >= 0.6 is 0 Å². The van der Waals surface area contributed by atoms with Crippen LogP contribution in [0.15, 0.2) is 42.0 Å². The molecule has 0 radical (unpaired) electrons. The Morgan fingerprint density at radius 1 is 1.19 bits per heavy atom. The van der Waals surface area contributed by atoms with E-state index >= 15 is 0 Å². The van der Waals surface area contributed by atoms with E-state index in [1.54, 1.807) is 0 Å². The van der Waals surface area contributed by atoms with Gasteiger partial charge in [-0.05, 0) is 51.5 Å². The van der Waals surface area contributed by atoms with Gasteiger partial charge in [-0.15, -0.1) is 0 Å². The Morgan fingerprint density at radius 3 is 2.41 bits per heavy atom. The zero-order chi connectivity index (χ0) is 19.3. The van der Waals surface area contributed by atoms with Gasteiger partial charge >= 0.3 is 0 Å². The second-order valence-corrected chi connectivity index (χ2v) is 8.42. The first kappa shape index (κ1) is 20.1. The normalized spacial score (nSPS) is 21.1. The molecule has 1 aromatic rings. The van der Waals surface area contributed by atoms with Crippen LogP contribution in [0.2, 0.25) is 0 Å². The summed E-state index contributed by atoms with van der Waals surface area (Å²) < 4.78 is 0. The molecule has 148 valence electrons. The van der Waals surface area contributed by atoms with Crippen molar-refractivity contribution < 1.29 is 9.90 Å². The summed E-state index contributed by atoms with van der Waals surface area (Å²) in [7, 11) is 0. The molecule has 4 nitrogen and oxygen atoms in total. The summed E-state index contributed by atoms with van der Waals surface area (Å²) in [6.45, 7) is 7.38.